The van der Waals surface area contributed by atoms with Crippen LogP contribution in [0, 0.1) is 0 Å². The molecule has 0 fully saturated rings. The summed E-state index contributed by atoms with van der Waals surface area (Å²) >= 11 is 0. The number of nitrogens with zero attached hydrogens (tertiary/aromatic N) is 1. The predicted octanol–water partition coefficient (Wildman–Crippen LogP) is 12.0. The molecule has 1 nitrogen and oxygen atoms in total. The third-order valence-electron chi connectivity index (χ3n) is 8.44. The normalized spacial score (nSPS) is 12.0. The smallest absolute Gasteiger partial charge is 0.0786 e. The first-order chi connectivity index (χ1) is 17.2. The van der Waals surface area contributed by atoms with E-state index < -0.39 is 0 Å². The van der Waals surface area contributed by atoms with Gasteiger partial charge < -0.3 is 4.48 Å². The first kappa shape index (κ1) is 35.0. The van der Waals surface area contributed by atoms with E-state index in [2.05, 4.69) is 27.7 Å². The molecule has 1 heteroatoms. The molecule has 0 aromatic carbocycles. The summed E-state index contributed by atoms with van der Waals surface area (Å²) in [6.45, 7) is 15.3. The molecular formula is C34H72N+. The Balaban J connectivity index is 4.23. The number of unbranched alkanes of at least 4 members (excludes halogenated alkanes) is 22. The van der Waals surface area contributed by atoms with Crippen molar-refractivity contribution in [2.24, 2.45) is 0 Å². The summed E-state index contributed by atoms with van der Waals surface area (Å²) in [5.74, 6) is 0. The predicted molar refractivity (Wildman–Crippen MR) is 162 cm³/mol. The number of quaternary nitrogens is 1. The minimum atomic E-state index is 1.37. The number of rotatable bonds is 30. The Kier molecular flexibility index (Phi) is 28.5. The van der Waals surface area contributed by atoms with Crippen LogP contribution in [-0.4, -0.2) is 30.7 Å². The first-order valence-electron chi connectivity index (χ1n) is 17.1. The maximum Gasteiger partial charge on any atom is 0.0786 e. The zero-order valence-electron chi connectivity index (χ0n) is 25.7. The van der Waals surface area contributed by atoms with Crippen molar-refractivity contribution in [1.29, 1.82) is 0 Å². The van der Waals surface area contributed by atoms with Crippen molar-refractivity contribution in [3.05, 3.63) is 0 Å². The van der Waals surface area contributed by atoms with E-state index in [4.69, 9.17) is 0 Å². The molecule has 0 unspecified atom stereocenters. The van der Waals surface area contributed by atoms with Crippen LogP contribution >= 0.6 is 0 Å². The molecule has 0 radical (unpaired) electrons. The highest BCUT2D eigenvalue weighted by atomic mass is 15.3. The molecule has 0 amide bonds. The molecule has 0 spiro atoms. The number of hydrogen-bond donors (Lipinski definition) is 0. The van der Waals surface area contributed by atoms with Crippen molar-refractivity contribution in [2.45, 2.75) is 195 Å². The molecule has 0 rings (SSSR count). The van der Waals surface area contributed by atoms with Crippen molar-refractivity contribution in [3.63, 3.8) is 0 Å². The molecule has 35 heavy (non-hydrogen) atoms. The van der Waals surface area contributed by atoms with Crippen LogP contribution in [0.15, 0.2) is 0 Å². The van der Waals surface area contributed by atoms with Gasteiger partial charge in [-0.3, -0.25) is 0 Å². The molecule has 0 atom stereocenters. The van der Waals surface area contributed by atoms with E-state index in [0.717, 1.165) is 0 Å². The molecule has 0 aliphatic rings. The Labute approximate surface area is 225 Å². The van der Waals surface area contributed by atoms with Crippen LogP contribution in [0.1, 0.15) is 195 Å². The Bertz CT molecular complexity index is 346. The summed E-state index contributed by atoms with van der Waals surface area (Å²) in [6, 6.07) is 0. The van der Waals surface area contributed by atoms with Gasteiger partial charge in [0.1, 0.15) is 0 Å². The van der Waals surface area contributed by atoms with Gasteiger partial charge in [0, 0.05) is 0 Å². The van der Waals surface area contributed by atoms with Gasteiger partial charge >= 0.3 is 0 Å². The summed E-state index contributed by atoms with van der Waals surface area (Å²) in [5.41, 5.74) is 0. The second-order valence-corrected chi connectivity index (χ2v) is 12.0. The molecule has 0 aliphatic carbocycles. The Morgan fingerprint density at radius 1 is 0.229 bits per heavy atom. The third-order valence-corrected chi connectivity index (χ3v) is 8.44. The quantitative estimate of drug-likeness (QED) is 0.0687. The lowest BCUT2D eigenvalue weighted by atomic mass is 10.0. The van der Waals surface area contributed by atoms with Crippen molar-refractivity contribution >= 4 is 0 Å². The number of hydrogen-bond acceptors (Lipinski definition) is 0. The van der Waals surface area contributed by atoms with E-state index in [-0.39, 0.29) is 0 Å². The first-order valence-corrected chi connectivity index (χ1v) is 17.1. The second-order valence-electron chi connectivity index (χ2n) is 12.0. The third kappa shape index (κ3) is 24.1. The lowest BCUT2D eigenvalue weighted by Crippen LogP contribution is -2.50. The van der Waals surface area contributed by atoms with Crippen LogP contribution in [0.5, 0.6) is 0 Å². The average molecular weight is 495 g/mol. The van der Waals surface area contributed by atoms with Gasteiger partial charge in [0.2, 0.25) is 0 Å². The van der Waals surface area contributed by atoms with Gasteiger partial charge in [-0.15, -0.1) is 0 Å². The van der Waals surface area contributed by atoms with E-state index in [9.17, 15) is 0 Å². The van der Waals surface area contributed by atoms with E-state index >= 15 is 0 Å². The van der Waals surface area contributed by atoms with Crippen LogP contribution in [0.3, 0.4) is 0 Å². The monoisotopic (exact) mass is 495 g/mol. The van der Waals surface area contributed by atoms with Crippen molar-refractivity contribution in [3.8, 4) is 0 Å². The van der Waals surface area contributed by atoms with Crippen LogP contribution in [-0.2, 0) is 0 Å². The fraction of sp³-hybridized carbons (Fsp3) is 1.00. The minimum Gasteiger partial charge on any atom is -0.324 e. The van der Waals surface area contributed by atoms with Gasteiger partial charge in [0.15, 0.2) is 0 Å². The Morgan fingerprint density at radius 2 is 0.400 bits per heavy atom. The largest absolute Gasteiger partial charge is 0.324 e. The molecule has 0 N–H and O–H groups in total. The van der Waals surface area contributed by atoms with E-state index in [0.29, 0.717) is 0 Å². The molecule has 0 saturated carbocycles. The van der Waals surface area contributed by atoms with Gasteiger partial charge in [0.05, 0.1) is 26.2 Å². The van der Waals surface area contributed by atoms with E-state index in [1.165, 1.54) is 198 Å². The fourth-order valence-corrected chi connectivity index (χ4v) is 5.93. The highest BCUT2D eigenvalue weighted by molar-refractivity contribution is 4.54. The summed E-state index contributed by atoms with van der Waals surface area (Å²) in [7, 11) is 0. The zero-order valence-corrected chi connectivity index (χ0v) is 25.7. The summed E-state index contributed by atoms with van der Waals surface area (Å²) < 4.78 is 1.47. The SMILES string of the molecule is CCCCCCCCCCCCCCCC[N+](CCCCCC)(CCCCCC)CCCCCC. The maximum absolute atomic E-state index is 2.35. The van der Waals surface area contributed by atoms with E-state index in [1.54, 1.807) is 0 Å². The van der Waals surface area contributed by atoms with Gasteiger partial charge in [-0.05, 0) is 51.4 Å². The highest BCUT2D eigenvalue weighted by Crippen LogP contribution is 2.20. The molecule has 0 aliphatic heterocycles. The fourth-order valence-electron chi connectivity index (χ4n) is 5.93. The van der Waals surface area contributed by atoms with Crippen LogP contribution in [0.2, 0.25) is 0 Å². The van der Waals surface area contributed by atoms with Crippen LogP contribution in [0.4, 0.5) is 0 Å². The van der Waals surface area contributed by atoms with Gasteiger partial charge in [-0.25, -0.2) is 0 Å². The van der Waals surface area contributed by atoms with Gasteiger partial charge in [0.25, 0.3) is 0 Å². The average Bonchev–Trinajstić information content (AvgIpc) is 2.87. The highest BCUT2D eigenvalue weighted by Gasteiger charge is 2.25. The lowest BCUT2D eigenvalue weighted by Gasteiger charge is -2.39. The van der Waals surface area contributed by atoms with Crippen molar-refractivity contribution < 1.29 is 4.48 Å². The van der Waals surface area contributed by atoms with Crippen LogP contribution < -0.4 is 0 Å². The lowest BCUT2D eigenvalue weighted by molar-refractivity contribution is -0.929. The minimum absolute atomic E-state index is 1.37. The molecule has 0 aromatic heterocycles. The van der Waals surface area contributed by atoms with E-state index in [1.807, 2.05) is 0 Å². The molecule has 0 saturated heterocycles. The van der Waals surface area contributed by atoms with Crippen molar-refractivity contribution in [2.75, 3.05) is 26.2 Å². The second kappa shape index (κ2) is 28.5. The summed E-state index contributed by atoms with van der Waals surface area (Å²) in [6.07, 6.45) is 37.8. The zero-order chi connectivity index (χ0) is 25.7. The Hall–Kier alpha value is -0.0400. The molecule has 0 heterocycles. The standard InChI is InChI=1S/C34H72N/c1-5-9-13-17-18-19-20-21-22-23-24-25-26-30-34-35(31-27-14-10-6-2,32-28-15-11-7-3)33-29-16-12-8-4/h5-34H2,1-4H3/q+1. The van der Waals surface area contributed by atoms with Gasteiger partial charge in [-0.2, -0.15) is 0 Å². The maximum atomic E-state index is 2.35. The topological polar surface area (TPSA) is 0 Å². The molecule has 0 bridgehead atoms. The Morgan fingerprint density at radius 3 is 0.629 bits per heavy atom. The molecule has 0 aromatic rings. The summed E-state index contributed by atoms with van der Waals surface area (Å²) in [5, 5.41) is 0. The molecular weight excluding hydrogens is 422 g/mol. The van der Waals surface area contributed by atoms with Crippen molar-refractivity contribution in [1.82, 2.24) is 0 Å². The van der Waals surface area contributed by atoms with Gasteiger partial charge in [-0.1, -0.05) is 143 Å². The van der Waals surface area contributed by atoms with Crippen LogP contribution in [0.25, 0.3) is 0 Å². The summed E-state index contributed by atoms with van der Waals surface area (Å²) in [4.78, 5) is 0. The molecule has 212 valence electrons.